The Hall–Kier alpha value is -7.69. The summed E-state index contributed by atoms with van der Waals surface area (Å²) in [7, 11) is 0. The molecule has 0 fully saturated rings. The Morgan fingerprint density at radius 1 is 0.552 bits per heavy atom. The van der Waals surface area contributed by atoms with Gasteiger partial charge in [-0.25, -0.2) is 0 Å². The van der Waals surface area contributed by atoms with E-state index in [0.717, 1.165) is 65.9 Å². The summed E-state index contributed by atoms with van der Waals surface area (Å²) < 4.78 is 4.48. The molecule has 58 heavy (non-hydrogen) atoms. The number of nitrogens with zero attached hydrogens (tertiary/aromatic N) is 3. The molecule has 0 bridgehead atoms. The lowest BCUT2D eigenvalue weighted by atomic mass is 10.0. The molecule has 10 aromatic rings. The highest BCUT2D eigenvalue weighted by molar-refractivity contribution is 6.17. The molecule has 4 nitrogen and oxygen atoms in total. The van der Waals surface area contributed by atoms with Crippen molar-refractivity contribution in [3.8, 4) is 22.3 Å². The highest BCUT2D eigenvalue weighted by Crippen LogP contribution is 2.35. The zero-order valence-corrected chi connectivity index (χ0v) is 32.0. The summed E-state index contributed by atoms with van der Waals surface area (Å²) in [4.78, 5) is 5.24. The number of fused-ring (bicyclic) bond motifs is 9. The van der Waals surface area contributed by atoms with Crippen molar-refractivity contribution in [2.75, 3.05) is 0 Å². The van der Waals surface area contributed by atoms with Crippen LogP contribution < -0.4 is 16.3 Å². The third-order valence-electron chi connectivity index (χ3n) is 11.3. The van der Waals surface area contributed by atoms with Gasteiger partial charge in [0.25, 0.3) is 0 Å². The third kappa shape index (κ3) is 5.99. The molecule has 3 aromatic heterocycles. The lowest BCUT2D eigenvalue weighted by molar-refractivity contribution is 1.06. The van der Waals surface area contributed by atoms with Gasteiger partial charge in [-0.3, -0.25) is 9.56 Å². The fourth-order valence-corrected chi connectivity index (χ4v) is 8.43. The predicted octanol–water partition coefficient (Wildman–Crippen LogP) is 11.5. The Morgan fingerprint density at radius 2 is 1.12 bits per heavy atom. The van der Waals surface area contributed by atoms with Crippen LogP contribution >= 0.6 is 0 Å². The summed E-state index contributed by atoms with van der Waals surface area (Å²) in [6.45, 7) is 9.15. The number of aromatic nitrogens is 2. The largest absolute Gasteiger partial charge is 0.385 e. The number of para-hydroxylation sites is 1. The maximum atomic E-state index is 7.27. The molecule has 0 amide bonds. The number of rotatable bonds is 8. The van der Waals surface area contributed by atoms with E-state index in [2.05, 4.69) is 186 Å². The molecule has 7 aromatic carbocycles. The normalized spacial score (nSPS) is 12.7. The van der Waals surface area contributed by atoms with Gasteiger partial charge in [0.2, 0.25) is 0 Å². The lowest BCUT2D eigenvalue weighted by Crippen LogP contribution is -2.30. The summed E-state index contributed by atoms with van der Waals surface area (Å²) in [5.41, 5.74) is 19.2. The van der Waals surface area contributed by atoms with Crippen LogP contribution in [0.2, 0.25) is 0 Å². The van der Waals surface area contributed by atoms with Crippen LogP contribution in [0, 0.1) is 0 Å². The van der Waals surface area contributed by atoms with Gasteiger partial charge in [0.15, 0.2) is 0 Å². The van der Waals surface area contributed by atoms with E-state index in [-0.39, 0.29) is 0 Å². The van der Waals surface area contributed by atoms with Gasteiger partial charge in [-0.1, -0.05) is 171 Å². The zero-order valence-electron chi connectivity index (χ0n) is 32.0. The van der Waals surface area contributed by atoms with Crippen LogP contribution in [0.5, 0.6) is 0 Å². The summed E-state index contributed by atoms with van der Waals surface area (Å²) in [6, 6.07) is 62.2. The van der Waals surface area contributed by atoms with Gasteiger partial charge >= 0.3 is 0 Å². The smallest absolute Gasteiger partial charge is 0.110 e. The predicted molar refractivity (Wildman–Crippen MR) is 247 cm³/mol. The van der Waals surface area contributed by atoms with Gasteiger partial charge in [0.1, 0.15) is 5.82 Å². The van der Waals surface area contributed by atoms with Crippen molar-refractivity contribution in [1.82, 2.24) is 8.97 Å². The minimum absolute atomic E-state index is 0.491. The molecule has 0 aliphatic heterocycles. The van der Waals surface area contributed by atoms with Gasteiger partial charge in [-0.05, 0) is 69.1 Å². The van der Waals surface area contributed by atoms with Gasteiger partial charge < -0.3 is 10.1 Å². The van der Waals surface area contributed by atoms with E-state index in [9.17, 15) is 0 Å². The van der Waals surface area contributed by atoms with Crippen molar-refractivity contribution in [2.24, 2.45) is 10.7 Å². The quantitative estimate of drug-likeness (QED) is 0.122. The van der Waals surface area contributed by atoms with Gasteiger partial charge in [0.05, 0.1) is 39.7 Å². The van der Waals surface area contributed by atoms with E-state index in [0.29, 0.717) is 12.4 Å². The number of pyridine rings is 1. The van der Waals surface area contributed by atoms with E-state index in [1.54, 1.807) is 6.08 Å². The van der Waals surface area contributed by atoms with E-state index in [4.69, 9.17) is 10.7 Å². The van der Waals surface area contributed by atoms with Crippen LogP contribution in [0.25, 0.3) is 89.7 Å². The fourth-order valence-electron chi connectivity index (χ4n) is 8.43. The Bertz CT molecular complexity index is 3370. The first-order valence-corrected chi connectivity index (χ1v) is 19.6. The summed E-state index contributed by atoms with van der Waals surface area (Å²) in [6.07, 6.45) is 5.78. The highest BCUT2D eigenvalue weighted by atomic mass is 15.1. The average molecular weight is 745 g/mol. The van der Waals surface area contributed by atoms with Crippen molar-refractivity contribution in [2.45, 2.75) is 6.54 Å². The molecule has 2 N–H and O–H groups in total. The number of aliphatic imine (C=N–C) groups is 1. The molecule has 0 saturated heterocycles. The molecule has 0 spiro atoms. The van der Waals surface area contributed by atoms with Crippen molar-refractivity contribution >= 4 is 73.2 Å². The Morgan fingerprint density at radius 3 is 1.78 bits per heavy atom. The second kappa shape index (κ2) is 14.4. The zero-order chi connectivity index (χ0) is 39.2. The molecule has 3 heterocycles. The number of allylic oxidation sites excluding steroid dienone is 2. The van der Waals surface area contributed by atoms with Crippen LogP contribution in [-0.4, -0.2) is 14.7 Å². The topological polar surface area (TPSA) is 47.7 Å². The summed E-state index contributed by atoms with van der Waals surface area (Å²) in [5, 5.41) is 7.62. The van der Waals surface area contributed by atoms with Gasteiger partial charge in [-0.15, -0.1) is 0 Å². The van der Waals surface area contributed by atoms with Gasteiger partial charge in [-0.2, -0.15) is 0 Å². The van der Waals surface area contributed by atoms with Crippen LogP contribution in [0.1, 0.15) is 11.1 Å². The van der Waals surface area contributed by atoms with Crippen LogP contribution in [0.15, 0.2) is 200 Å². The maximum Gasteiger partial charge on any atom is 0.110 e. The molecule has 0 saturated carbocycles. The van der Waals surface area contributed by atoms with Crippen molar-refractivity contribution in [3.05, 3.63) is 216 Å². The second-order valence-corrected chi connectivity index (χ2v) is 14.7. The molecule has 10 rings (SSSR count). The summed E-state index contributed by atoms with van der Waals surface area (Å²) >= 11 is 0. The first-order valence-electron chi connectivity index (χ1n) is 19.6. The lowest BCUT2D eigenvalue weighted by Gasteiger charge is -2.12. The highest BCUT2D eigenvalue weighted by Gasteiger charge is 2.17. The molecule has 0 aliphatic rings. The first-order chi connectivity index (χ1) is 28.6. The fraction of sp³-hybridized carbons (Fsp3) is 0.0185. The SMILES string of the molecule is C=C/C=c1\c(=C)c2cc3cc4c5ccccc5c5ccccc5n4c3cc2n1/C(N)=C/C(=NCc1ccc(-c2ccccc2)cc1)c1ccc(-c2ccccc2)cc1. The molecule has 276 valence electrons. The summed E-state index contributed by atoms with van der Waals surface area (Å²) in [5.74, 6) is 0.536. The van der Waals surface area contributed by atoms with Crippen LogP contribution in [0.4, 0.5) is 0 Å². The number of benzene rings is 7. The average Bonchev–Trinajstić information content (AvgIpc) is 3.79. The molecular weight excluding hydrogens is 705 g/mol. The van der Waals surface area contributed by atoms with Crippen LogP contribution in [0.3, 0.4) is 0 Å². The molecular formula is C54H40N4. The first kappa shape index (κ1) is 34.8. The number of hydrogen-bond acceptors (Lipinski definition) is 2. The number of nitrogens with two attached hydrogens (primary N) is 1. The Labute approximate surface area is 336 Å². The molecule has 4 heteroatoms. The Balaban J connectivity index is 1.14. The monoisotopic (exact) mass is 744 g/mol. The minimum Gasteiger partial charge on any atom is -0.385 e. The molecule has 0 radical (unpaired) electrons. The number of hydrogen-bond donors (Lipinski definition) is 1. The Kier molecular flexibility index (Phi) is 8.65. The van der Waals surface area contributed by atoms with E-state index in [1.807, 2.05) is 24.3 Å². The third-order valence-corrected chi connectivity index (χ3v) is 11.3. The molecule has 0 aliphatic carbocycles. The molecule has 0 atom stereocenters. The minimum atomic E-state index is 0.491. The molecule has 0 unspecified atom stereocenters. The van der Waals surface area contributed by atoms with Crippen molar-refractivity contribution in [1.29, 1.82) is 0 Å². The van der Waals surface area contributed by atoms with E-state index < -0.39 is 0 Å². The maximum absolute atomic E-state index is 7.27. The van der Waals surface area contributed by atoms with Gasteiger partial charge in [0, 0.05) is 32.8 Å². The van der Waals surface area contributed by atoms with Crippen molar-refractivity contribution < 1.29 is 0 Å². The van der Waals surface area contributed by atoms with Crippen LogP contribution in [-0.2, 0) is 6.54 Å². The van der Waals surface area contributed by atoms with Crippen molar-refractivity contribution in [3.63, 3.8) is 0 Å². The standard InChI is InChI=1S/C54H40N4/c1-3-14-49-36(2)47-31-43-32-52-46-21-11-10-19-44(46)45-20-12-13-22-50(45)57(52)51(43)34-53(47)58(49)54(55)33-48(42-29-27-41(28-30-42)39-17-8-5-9-18-39)56-35-37-23-25-40(26-24-37)38-15-6-4-7-16-38/h3-34H,1-2,35,55H2/b49-14+,54-33+,56-48?. The second-order valence-electron chi connectivity index (χ2n) is 14.7. The van der Waals surface area contributed by atoms with E-state index in [1.165, 1.54) is 32.8 Å². The van der Waals surface area contributed by atoms with E-state index >= 15 is 0 Å².